The fraction of sp³-hybridized carbons (Fsp3) is 0.652. The number of hydrogen-bond donors (Lipinski definition) is 0. The first kappa shape index (κ1) is 21.4. The van der Waals surface area contributed by atoms with Gasteiger partial charge in [-0.3, -0.25) is 0 Å². The molecule has 0 radical (unpaired) electrons. The third-order valence-electron chi connectivity index (χ3n) is 5.86. The minimum Gasteiger partial charge on any atom is -0.203 e. The van der Waals surface area contributed by atoms with Crippen LogP contribution in [-0.4, -0.2) is 0 Å². The molecule has 0 amide bonds. The summed E-state index contributed by atoms with van der Waals surface area (Å²) >= 11 is 5.48. The normalized spacial score (nSPS) is 20.8. The van der Waals surface area contributed by atoms with Crippen molar-refractivity contribution in [2.24, 2.45) is 5.92 Å². The molecule has 0 aliphatic heterocycles. The summed E-state index contributed by atoms with van der Waals surface area (Å²) < 4.78 is 28.9. The number of benzene rings is 1. The van der Waals surface area contributed by atoms with Gasteiger partial charge >= 0.3 is 0 Å². The number of unbranched alkanes of at least 4 members (excludes halogenated alkanes) is 4. The van der Waals surface area contributed by atoms with E-state index in [1.165, 1.54) is 44.1 Å². The Bertz CT molecular complexity index is 560. The fourth-order valence-electron chi connectivity index (χ4n) is 4.21. The minimum absolute atomic E-state index is 0.178. The average molecular weight is 383 g/mol. The van der Waals surface area contributed by atoms with Gasteiger partial charge in [0.1, 0.15) is 0 Å². The van der Waals surface area contributed by atoms with E-state index in [0.29, 0.717) is 24.0 Å². The van der Waals surface area contributed by atoms with E-state index < -0.39 is 11.6 Å². The van der Waals surface area contributed by atoms with E-state index in [9.17, 15) is 8.78 Å². The Hall–Kier alpha value is -0.890. The van der Waals surface area contributed by atoms with E-state index in [4.69, 9.17) is 11.6 Å². The van der Waals surface area contributed by atoms with E-state index in [2.05, 4.69) is 6.92 Å². The maximum atomic E-state index is 14.6. The molecule has 0 spiro atoms. The van der Waals surface area contributed by atoms with Gasteiger partial charge in [0, 0.05) is 5.54 Å². The first-order valence-corrected chi connectivity index (χ1v) is 10.8. The van der Waals surface area contributed by atoms with Crippen LogP contribution in [0.2, 0.25) is 0 Å². The van der Waals surface area contributed by atoms with Crippen molar-refractivity contribution in [1.29, 1.82) is 0 Å². The van der Waals surface area contributed by atoms with E-state index in [0.717, 1.165) is 31.6 Å². The Morgan fingerprint density at radius 2 is 1.73 bits per heavy atom. The summed E-state index contributed by atoms with van der Waals surface area (Å²) in [6.45, 7) is 2.24. The molecule has 26 heavy (non-hydrogen) atoms. The monoisotopic (exact) mass is 382 g/mol. The first-order chi connectivity index (χ1) is 12.7. The summed E-state index contributed by atoms with van der Waals surface area (Å²) in [4.78, 5) is 0. The lowest BCUT2D eigenvalue weighted by Gasteiger charge is -2.29. The molecule has 0 unspecified atom stereocenters. The molecule has 0 atom stereocenters. The molecular weight excluding hydrogens is 350 g/mol. The molecular formula is C23H33ClF2. The van der Waals surface area contributed by atoms with E-state index in [1.807, 2.05) is 6.07 Å². The van der Waals surface area contributed by atoms with Crippen LogP contribution < -0.4 is 0 Å². The topological polar surface area (TPSA) is 0 Å². The highest BCUT2D eigenvalue weighted by Crippen LogP contribution is 2.39. The van der Waals surface area contributed by atoms with Crippen LogP contribution in [0.1, 0.15) is 94.6 Å². The molecule has 0 aromatic heterocycles. The molecule has 0 heterocycles. The van der Waals surface area contributed by atoms with Crippen molar-refractivity contribution in [3.8, 4) is 0 Å². The Balaban J connectivity index is 1.84. The summed E-state index contributed by atoms with van der Waals surface area (Å²) in [6.07, 6.45) is 15.1. The van der Waals surface area contributed by atoms with Gasteiger partial charge in [-0.05, 0) is 61.5 Å². The quantitative estimate of drug-likeness (QED) is 0.357. The average Bonchev–Trinajstić information content (AvgIpc) is 2.66. The predicted octanol–water partition coefficient (Wildman–Crippen LogP) is 8.28. The standard InChI is InChI=1S/C23H33ClF2/c1-2-3-4-5-6-9-18-11-13-19(14-12-18)21-16-15-20(10-7-8-17-24)22(25)23(21)26/h8,15-19H,2-7,9-14H2,1H3/b17-8+/t18-,19-. The summed E-state index contributed by atoms with van der Waals surface area (Å²) in [7, 11) is 0. The molecule has 0 nitrogen and oxygen atoms in total. The maximum Gasteiger partial charge on any atom is 0.162 e. The number of aryl methyl sites for hydroxylation is 1. The molecule has 2 rings (SSSR count). The van der Waals surface area contributed by atoms with Gasteiger partial charge in [0.25, 0.3) is 0 Å². The van der Waals surface area contributed by atoms with Crippen LogP contribution in [-0.2, 0) is 6.42 Å². The Morgan fingerprint density at radius 3 is 2.42 bits per heavy atom. The predicted molar refractivity (Wildman–Crippen MR) is 108 cm³/mol. The second-order valence-electron chi connectivity index (χ2n) is 7.76. The molecule has 1 aromatic rings. The lowest BCUT2D eigenvalue weighted by Crippen LogP contribution is -2.15. The fourth-order valence-corrected chi connectivity index (χ4v) is 4.34. The highest BCUT2D eigenvalue weighted by Gasteiger charge is 2.26. The highest BCUT2D eigenvalue weighted by atomic mass is 35.5. The van der Waals surface area contributed by atoms with Gasteiger partial charge in [-0.1, -0.05) is 75.3 Å². The van der Waals surface area contributed by atoms with Crippen LogP contribution >= 0.6 is 11.6 Å². The van der Waals surface area contributed by atoms with E-state index in [1.54, 1.807) is 12.1 Å². The van der Waals surface area contributed by atoms with Crippen molar-refractivity contribution in [1.82, 2.24) is 0 Å². The van der Waals surface area contributed by atoms with Gasteiger partial charge in [-0.15, -0.1) is 0 Å². The Morgan fingerprint density at radius 1 is 1.00 bits per heavy atom. The summed E-state index contributed by atoms with van der Waals surface area (Å²) in [5.41, 5.74) is 2.45. The second kappa shape index (κ2) is 11.7. The summed E-state index contributed by atoms with van der Waals surface area (Å²) in [5.74, 6) is -0.330. The zero-order valence-corrected chi connectivity index (χ0v) is 16.8. The summed E-state index contributed by atoms with van der Waals surface area (Å²) in [5, 5.41) is 0. The molecule has 146 valence electrons. The third kappa shape index (κ3) is 6.37. The van der Waals surface area contributed by atoms with Crippen molar-refractivity contribution < 1.29 is 8.78 Å². The molecule has 1 aliphatic rings. The van der Waals surface area contributed by atoms with Gasteiger partial charge in [0.15, 0.2) is 11.6 Å². The number of halogens is 3. The molecule has 0 N–H and O–H groups in total. The highest BCUT2D eigenvalue weighted by molar-refractivity contribution is 6.25. The lowest BCUT2D eigenvalue weighted by atomic mass is 9.76. The van der Waals surface area contributed by atoms with Crippen LogP contribution in [0.25, 0.3) is 0 Å². The second-order valence-corrected chi connectivity index (χ2v) is 8.01. The number of rotatable bonds is 10. The molecule has 1 aliphatic carbocycles. The largest absolute Gasteiger partial charge is 0.203 e. The Labute approximate surface area is 163 Å². The van der Waals surface area contributed by atoms with Crippen LogP contribution in [0.15, 0.2) is 23.7 Å². The molecule has 1 aromatic carbocycles. The first-order valence-electron chi connectivity index (χ1n) is 10.4. The van der Waals surface area contributed by atoms with Gasteiger partial charge in [-0.2, -0.15) is 0 Å². The van der Waals surface area contributed by atoms with Crippen LogP contribution in [0.3, 0.4) is 0 Å². The van der Waals surface area contributed by atoms with Gasteiger partial charge in [0.2, 0.25) is 0 Å². The lowest BCUT2D eigenvalue weighted by molar-refractivity contribution is 0.297. The van der Waals surface area contributed by atoms with Crippen LogP contribution in [0, 0.1) is 17.6 Å². The van der Waals surface area contributed by atoms with Crippen molar-refractivity contribution in [2.75, 3.05) is 0 Å². The SMILES string of the molecule is CCCCCCC[C@H]1CC[C@H](c2ccc(CC/C=C/Cl)c(F)c2F)CC1. The molecule has 1 fully saturated rings. The van der Waals surface area contributed by atoms with Gasteiger partial charge < -0.3 is 0 Å². The molecule has 0 saturated heterocycles. The maximum absolute atomic E-state index is 14.6. The van der Waals surface area contributed by atoms with Crippen molar-refractivity contribution in [3.63, 3.8) is 0 Å². The van der Waals surface area contributed by atoms with Gasteiger partial charge in [-0.25, -0.2) is 8.78 Å². The smallest absolute Gasteiger partial charge is 0.162 e. The minimum atomic E-state index is -0.663. The zero-order chi connectivity index (χ0) is 18.8. The van der Waals surface area contributed by atoms with E-state index in [-0.39, 0.29) is 5.92 Å². The molecule has 0 bridgehead atoms. The third-order valence-corrected chi connectivity index (χ3v) is 6.04. The summed E-state index contributed by atoms with van der Waals surface area (Å²) in [6, 6.07) is 3.57. The molecule has 1 saturated carbocycles. The van der Waals surface area contributed by atoms with Crippen molar-refractivity contribution in [2.45, 2.75) is 89.9 Å². The Kier molecular flexibility index (Phi) is 9.67. The zero-order valence-electron chi connectivity index (χ0n) is 16.1. The van der Waals surface area contributed by atoms with Crippen molar-refractivity contribution in [3.05, 3.63) is 46.5 Å². The number of hydrogen-bond acceptors (Lipinski definition) is 0. The van der Waals surface area contributed by atoms with Crippen LogP contribution in [0.5, 0.6) is 0 Å². The molecule has 3 heteroatoms. The van der Waals surface area contributed by atoms with Gasteiger partial charge in [0.05, 0.1) is 0 Å². The number of allylic oxidation sites excluding steroid dienone is 1. The van der Waals surface area contributed by atoms with Crippen molar-refractivity contribution >= 4 is 11.6 Å². The van der Waals surface area contributed by atoms with Crippen LogP contribution in [0.4, 0.5) is 8.78 Å². The van der Waals surface area contributed by atoms with E-state index >= 15 is 0 Å².